The van der Waals surface area contributed by atoms with Gasteiger partial charge in [0.2, 0.25) is 0 Å². The van der Waals surface area contributed by atoms with Crippen molar-refractivity contribution in [3.8, 4) is 0 Å². The lowest BCUT2D eigenvalue weighted by molar-refractivity contribution is 0.363. The summed E-state index contributed by atoms with van der Waals surface area (Å²) in [4.78, 5) is 2.19. The van der Waals surface area contributed by atoms with Crippen molar-refractivity contribution >= 4 is 21.6 Å². The van der Waals surface area contributed by atoms with Crippen molar-refractivity contribution in [2.75, 3.05) is 19.3 Å². The maximum Gasteiger partial charge on any atom is 0.0458 e. The molecule has 0 spiro atoms. The highest BCUT2D eigenvalue weighted by molar-refractivity contribution is 9.10. The Balaban J connectivity index is 2.67. The number of benzene rings is 1. The van der Waals surface area contributed by atoms with Crippen LogP contribution in [0.15, 0.2) is 35.3 Å². The van der Waals surface area contributed by atoms with Crippen molar-refractivity contribution in [1.82, 2.24) is 4.90 Å². The van der Waals surface area contributed by atoms with Gasteiger partial charge in [-0.05, 0) is 40.7 Å². The van der Waals surface area contributed by atoms with E-state index in [-0.39, 0.29) is 0 Å². The minimum absolute atomic E-state index is 0.778. The van der Waals surface area contributed by atoms with Crippen LogP contribution in [-0.2, 0) is 6.54 Å². The lowest BCUT2D eigenvalue weighted by atomic mass is 10.2. The number of nitrogen functional groups attached to an aromatic ring is 1. The third kappa shape index (κ3) is 3.16. The van der Waals surface area contributed by atoms with Crippen molar-refractivity contribution in [2.45, 2.75) is 6.54 Å². The molecule has 0 saturated carbocycles. The van der Waals surface area contributed by atoms with Gasteiger partial charge in [-0.1, -0.05) is 12.1 Å². The zero-order valence-electron chi connectivity index (χ0n) is 8.33. The molecule has 0 amide bonds. The first-order valence-electron chi connectivity index (χ1n) is 4.47. The minimum Gasteiger partial charge on any atom is -0.398 e. The number of nitrogens with zero attached hydrogens (tertiary/aromatic N) is 1. The molecule has 2 nitrogen and oxygen atoms in total. The monoisotopic (exact) mass is 254 g/mol. The van der Waals surface area contributed by atoms with Crippen molar-refractivity contribution < 1.29 is 0 Å². The maximum atomic E-state index is 5.70. The van der Waals surface area contributed by atoms with Crippen molar-refractivity contribution in [3.63, 3.8) is 0 Å². The molecule has 14 heavy (non-hydrogen) atoms. The predicted molar refractivity (Wildman–Crippen MR) is 65.1 cm³/mol. The van der Waals surface area contributed by atoms with E-state index < -0.39 is 0 Å². The van der Waals surface area contributed by atoms with Gasteiger partial charge in [0.1, 0.15) is 0 Å². The minimum atomic E-state index is 0.778. The van der Waals surface area contributed by atoms with Crippen LogP contribution in [0.1, 0.15) is 5.56 Å². The fraction of sp³-hybridized carbons (Fsp3) is 0.273. The van der Waals surface area contributed by atoms with E-state index in [0.717, 1.165) is 23.2 Å². The fourth-order valence-corrected chi connectivity index (χ4v) is 1.69. The Bertz CT molecular complexity index is 323. The van der Waals surface area contributed by atoms with Gasteiger partial charge in [0.05, 0.1) is 0 Å². The van der Waals surface area contributed by atoms with Crippen LogP contribution in [0.3, 0.4) is 0 Å². The molecule has 0 radical (unpaired) electrons. The molecule has 0 aromatic heterocycles. The molecular formula is C11H15BrN2. The summed E-state index contributed by atoms with van der Waals surface area (Å²) in [5, 5.41) is 0. The summed E-state index contributed by atoms with van der Waals surface area (Å²) in [5.74, 6) is 0. The van der Waals surface area contributed by atoms with Crippen molar-refractivity contribution in [1.29, 1.82) is 0 Å². The smallest absolute Gasteiger partial charge is 0.0458 e. The zero-order chi connectivity index (χ0) is 10.6. The molecule has 1 aromatic rings. The Kier molecular flexibility index (Phi) is 4.17. The molecule has 0 aliphatic heterocycles. The highest BCUT2D eigenvalue weighted by Gasteiger charge is 2.00. The Hall–Kier alpha value is -0.800. The first kappa shape index (κ1) is 11.3. The summed E-state index contributed by atoms with van der Waals surface area (Å²) in [7, 11) is 2.06. The summed E-state index contributed by atoms with van der Waals surface area (Å²) < 4.78 is 0.960. The fourth-order valence-electron chi connectivity index (χ4n) is 1.27. The Labute approximate surface area is 93.5 Å². The molecule has 0 aliphatic rings. The standard InChI is InChI=1S/C11H15BrN2/c1-3-6-14(2)8-9-4-5-11(13)10(12)7-9/h3-5,7H,1,6,8,13H2,2H3. The van der Waals surface area contributed by atoms with E-state index in [4.69, 9.17) is 5.73 Å². The van der Waals surface area contributed by atoms with Crippen LogP contribution in [0.25, 0.3) is 0 Å². The number of likely N-dealkylation sites (N-methyl/N-ethyl adjacent to an activating group) is 1. The second-order valence-corrected chi connectivity index (χ2v) is 4.20. The van der Waals surface area contributed by atoms with E-state index >= 15 is 0 Å². The molecule has 0 fully saturated rings. The SMILES string of the molecule is C=CCN(C)Cc1ccc(N)c(Br)c1. The second kappa shape index (κ2) is 5.17. The van der Waals surface area contributed by atoms with E-state index in [1.54, 1.807) is 0 Å². The number of anilines is 1. The maximum absolute atomic E-state index is 5.70. The topological polar surface area (TPSA) is 29.3 Å². The molecule has 0 unspecified atom stereocenters. The Morgan fingerprint density at radius 2 is 2.29 bits per heavy atom. The number of halogens is 1. The van der Waals surface area contributed by atoms with E-state index in [1.807, 2.05) is 18.2 Å². The van der Waals surface area contributed by atoms with Gasteiger partial charge in [-0.15, -0.1) is 6.58 Å². The normalized spacial score (nSPS) is 10.5. The second-order valence-electron chi connectivity index (χ2n) is 3.34. The highest BCUT2D eigenvalue weighted by atomic mass is 79.9. The lowest BCUT2D eigenvalue weighted by Crippen LogP contribution is -2.17. The summed E-state index contributed by atoms with van der Waals surface area (Å²) in [6.07, 6.45) is 1.90. The molecule has 0 heterocycles. The third-order valence-corrected chi connectivity index (χ3v) is 2.64. The first-order valence-corrected chi connectivity index (χ1v) is 5.26. The average molecular weight is 255 g/mol. The van der Waals surface area contributed by atoms with Crippen LogP contribution in [0, 0.1) is 0 Å². The van der Waals surface area contributed by atoms with E-state index in [9.17, 15) is 0 Å². The molecule has 0 aliphatic carbocycles. The van der Waals surface area contributed by atoms with Gasteiger partial charge < -0.3 is 5.73 Å². The molecule has 3 heteroatoms. The van der Waals surface area contributed by atoms with Crippen LogP contribution in [0.4, 0.5) is 5.69 Å². The van der Waals surface area contributed by atoms with Crippen LogP contribution in [-0.4, -0.2) is 18.5 Å². The number of rotatable bonds is 4. The van der Waals surface area contributed by atoms with E-state index in [0.29, 0.717) is 0 Å². The number of nitrogens with two attached hydrogens (primary N) is 1. The van der Waals surface area contributed by atoms with Crippen LogP contribution in [0.5, 0.6) is 0 Å². The molecule has 76 valence electrons. The molecule has 1 rings (SSSR count). The van der Waals surface area contributed by atoms with E-state index in [2.05, 4.69) is 40.5 Å². The number of hydrogen-bond donors (Lipinski definition) is 1. The van der Waals surface area contributed by atoms with Crippen molar-refractivity contribution in [3.05, 3.63) is 40.9 Å². The Morgan fingerprint density at radius 1 is 1.57 bits per heavy atom. The Morgan fingerprint density at radius 3 is 2.86 bits per heavy atom. The lowest BCUT2D eigenvalue weighted by Gasteiger charge is -2.14. The quantitative estimate of drug-likeness (QED) is 0.662. The van der Waals surface area contributed by atoms with Gasteiger partial charge in [-0.2, -0.15) is 0 Å². The summed E-state index contributed by atoms with van der Waals surface area (Å²) in [6.45, 7) is 5.50. The molecule has 0 bridgehead atoms. The molecule has 0 atom stereocenters. The average Bonchev–Trinajstić information content (AvgIpc) is 2.12. The molecule has 1 aromatic carbocycles. The highest BCUT2D eigenvalue weighted by Crippen LogP contribution is 2.20. The van der Waals surface area contributed by atoms with Gasteiger partial charge in [0.15, 0.2) is 0 Å². The zero-order valence-corrected chi connectivity index (χ0v) is 9.92. The first-order chi connectivity index (χ1) is 6.63. The molecular weight excluding hydrogens is 240 g/mol. The van der Waals surface area contributed by atoms with Gasteiger partial charge in [-0.3, -0.25) is 4.90 Å². The predicted octanol–water partition coefficient (Wildman–Crippen LogP) is 2.65. The largest absolute Gasteiger partial charge is 0.398 e. The summed E-state index contributed by atoms with van der Waals surface area (Å²) >= 11 is 3.41. The van der Waals surface area contributed by atoms with Crippen LogP contribution in [0.2, 0.25) is 0 Å². The third-order valence-electron chi connectivity index (χ3n) is 1.96. The van der Waals surface area contributed by atoms with Gasteiger partial charge >= 0.3 is 0 Å². The summed E-state index contributed by atoms with van der Waals surface area (Å²) in [5.41, 5.74) is 7.73. The van der Waals surface area contributed by atoms with Gasteiger partial charge in [0, 0.05) is 23.2 Å². The molecule has 2 N–H and O–H groups in total. The van der Waals surface area contributed by atoms with Gasteiger partial charge in [-0.25, -0.2) is 0 Å². The van der Waals surface area contributed by atoms with Crippen LogP contribution < -0.4 is 5.73 Å². The summed E-state index contributed by atoms with van der Waals surface area (Å²) in [6, 6.07) is 6.01. The van der Waals surface area contributed by atoms with Crippen molar-refractivity contribution in [2.24, 2.45) is 0 Å². The molecule has 0 saturated heterocycles. The number of hydrogen-bond acceptors (Lipinski definition) is 2. The van der Waals surface area contributed by atoms with E-state index in [1.165, 1.54) is 5.56 Å². The van der Waals surface area contributed by atoms with Gasteiger partial charge in [0.25, 0.3) is 0 Å². The van der Waals surface area contributed by atoms with Crippen LogP contribution >= 0.6 is 15.9 Å².